The van der Waals surface area contributed by atoms with Crippen molar-refractivity contribution in [1.82, 2.24) is 0 Å². The van der Waals surface area contributed by atoms with Crippen molar-refractivity contribution in [3.63, 3.8) is 0 Å². The minimum Gasteiger partial charge on any atom is -0.322 e. The number of anilines is 4. The van der Waals surface area contributed by atoms with E-state index in [9.17, 15) is 26.4 Å². The topological polar surface area (TPSA) is 133 Å². The zero-order valence-corrected chi connectivity index (χ0v) is 29.8. The molecule has 2 atom stereocenters. The van der Waals surface area contributed by atoms with Gasteiger partial charge in [0.05, 0.1) is 21.2 Å². The fourth-order valence-electron chi connectivity index (χ4n) is 6.86. The fourth-order valence-corrected chi connectivity index (χ4v) is 10.3. The van der Waals surface area contributed by atoms with Crippen molar-refractivity contribution in [2.75, 3.05) is 19.2 Å². The minimum absolute atomic E-state index is 0.00297. The maximum atomic E-state index is 13.8. The summed E-state index contributed by atoms with van der Waals surface area (Å²) in [5, 5.41) is 5.64. The summed E-state index contributed by atoms with van der Waals surface area (Å²) in [5.74, 6) is -1.05. The van der Waals surface area contributed by atoms with Gasteiger partial charge in [0.1, 0.15) is 0 Å². The summed E-state index contributed by atoms with van der Waals surface area (Å²) in [5.41, 5.74) is 4.95. The van der Waals surface area contributed by atoms with Crippen LogP contribution in [-0.2, 0) is 32.9 Å². The average Bonchev–Trinajstić information content (AvgIpc) is 3.65. The number of fused-ring (bicyclic) bond motifs is 2. The van der Waals surface area contributed by atoms with Crippen molar-refractivity contribution in [2.24, 2.45) is 0 Å². The number of nitrogens with zero attached hydrogens (tertiary/aromatic N) is 2. The van der Waals surface area contributed by atoms with Crippen LogP contribution >= 0.6 is 0 Å². The molecule has 0 fully saturated rings. The van der Waals surface area contributed by atoms with Gasteiger partial charge in [-0.2, -0.15) is 0 Å². The molecule has 2 aliphatic rings. The third kappa shape index (κ3) is 6.25. The molecule has 2 heterocycles. The monoisotopic (exact) mass is 720 g/mol. The number of hydrogen-bond donors (Lipinski definition) is 2. The molecule has 0 bridgehead atoms. The molecule has 0 radical (unpaired) electrons. The van der Waals surface area contributed by atoms with E-state index in [1.165, 1.54) is 51.1 Å². The zero-order chi connectivity index (χ0) is 36.1. The predicted molar refractivity (Wildman–Crippen MR) is 199 cm³/mol. The first-order chi connectivity index (χ1) is 24.3. The summed E-state index contributed by atoms with van der Waals surface area (Å²) in [4.78, 5) is 26.9. The first kappa shape index (κ1) is 34.0. The van der Waals surface area contributed by atoms with E-state index in [4.69, 9.17) is 0 Å². The first-order valence-corrected chi connectivity index (χ1v) is 19.4. The van der Waals surface area contributed by atoms with Crippen LogP contribution in [0.2, 0.25) is 0 Å². The molecule has 12 heteroatoms. The largest absolute Gasteiger partial charge is 0.322 e. The second-order valence-corrected chi connectivity index (χ2v) is 16.6. The highest BCUT2D eigenvalue weighted by Crippen LogP contribution is 2.38. The van der Waals surface area contributed by atoms with E-state index in [-0.39, 0.29) is 33.0 Å². The Morgan fingerprint density at radius 1 is 0.588 bits per heavy atom. The van der Waals surface area contributed by atoms with E-state index in [1.54, 1.807) is 55.5 Å². The predicted octanol–water partition coefficient (Wildman–Crippen LogP) is 6.78. The van der Waals surface area contributed by atoms with Crippen molar-refractivity contribution < 1.29 is 26.4 Å². The number of nitrogens with one attached hydrogen (secondary N) is 2. The highest BCUT2D eigenvalue weighted by atomic mass is 32.2. The van der Waals surface area contributed by atoms with E-state index in [1.807, 2.05) is 38.1 Å². The van der Waals surface area contributed by atoms with Gasteiger partial charge in [0.2, 0.25) is 0 Å². The summed E-state index contributed by atoms with van der Waals surface area (Å²) < 4.78 is 57.9. The summed E-state index contributed by atoms with van der Waals surface area (Å²) in [6, 6.07) is 31.1. The molecule has 0 aromatic heterocycles. The van der Waals surface area contributed by atoms with E-state index in [0.717, 1.165) is 11.1 Å². The third-order valence-electron chi connectivity index (χ3n) is 9.34. The molecule has 5 aromatic rings. The van der Waals surface area contributed by atoms with Gasteiger partial charge < -0.3 is 10.6 Å². The van der Waals surface area contributed by atoms with E-state index in [0.29, 0.717) is 41.2 Å². The Morgan fingerprint density at radius 3 is 1.57 bits per heavy atom. The second-order valence-electron chi connectivity index (χ2n) is 13.0. The first-order valence-electron chi connectivity index (χ1n) is 16.5. The summed E-state index contributed by atoms with van der Waals surface area (Å²) >= 11 is 0. The molecule has 51 heavy (non-hydrogen) atoms. The number of rotatable bonds is 8. The van der Waals surface area contributed by atoms with Crippen LogP contribution in [0.3, 0.4) is 0 Å². The maximum Gasteiger partial charge on any atom is 0.264 e. The van der Waals surface area contributed by atoms with Gasteiger partial charge in [-0.1, -0.05) is 54.6 Å². The van der Waals surface area contributed by atoms with Crippen molar-refractivity contribution in [1.29, 1.82) is 0 Å². The Bertz CT molecular complexity index is 2430. The van der Waals surface area contributed by atoms with Gasteiger partial charge in [-0.3, -0.25) is 18.2 Å². The molecule has 2 aliphatic heterocycles. The number of carbonyl (C=O) groups excluding carboxylic acids is 2. The molecular formula is C39H36N4O6S2. The van der Waals surface area contributed by atoms with Gasteiger partial charge in [0.25, 0.3) is 31.9 Å². The molecular weight excluding hydrogens is 685 g/mol. The molecule has 0 aliphatic carbocycles. The summed E-state index contributed by atoms with van der Waals surface area (Å²) in [7, 11) is -7.90. The van der Waals surface area contributed by atoms with Gasteiger partial charge in [0.15, 0.2) is 0 Å². The Balaban J connectivity index is 1.08. The van der Waals surface area contributed by atoms with Gasteiger partial charge in [-0.15, -0.1) is 0 Å². The molecule has 0 saturated heterocycles. The van der Waals surface area contributed by atoms with Crippen LogP contribution in [0, 0.1) is 6.92 Å². The lowest BCUT2D eigenvalue weighted by atomic mass is 10.1. The van der Waals surface area contributed by atoms with Crippen LogP contribution < -0.4 is 19.2 Å². The third-order valence-corrected chi connectivity index (χ3v) is 13.2. The van der Waals surface area contributed by atoms with Crippen LogP contribution in [-0.4, -0.2) is 40.7 Å². The number of amides is 2. The second kappa shape index (κ2) is 13.0. The normalized spacial score (nSPS) is 16.8. The Morgan fingerprint density at radius 2 is 1.06 bits per heavy atom. The molecule has 10 nitrogen and oxygen atoms in total. The van der Waals surface area contributed by atoms with Crippen LogP contribution in [0.15, 0.2) is 125 Å². The lowest BCUT2D eigenvalue weighted by molar-refractivity contribution is 0.101. The maximum absolute atomic E-state index is 13.8. The van der Waals surface area contributed by atoms with Crippen molar-refractivity contribution in [3.8, 4) is 0 Å². The van der Waals surface area contributed by atoms with Crippen LogP contribution in [0.1, 0.15) is 51.3 Å². The summed E-state index contributed by atoms with van der Waals surface area (Å²) in [6.45, 7) is 5.50. The van der Waals surface area contributed by atoms with Gasteiger partial charge in [0, 0.05) is 34.6 Å². The number of hydrogen-bond acceptors (Lipinski definition) is 6. The molecule has 0 spiro atoms. The highest BCUT2D eigenvalue weighted by molar-refractivity contribution is 7.93. The van der Waals surface area contributed by atoms with E-state index >= 15 is 0 Å². The molecule has 0 saturated carbocycles. The number of benzene rings is 5. The Kier molecular flexibility index (Phi) is 8.68. The van der Waals surface area contributed by atoms with E-state index < -0.39 is 31.9 Å². The molecule has 2 unspecified atom stereocenters. The number of para-hydroxylation sites is 2. The van der Waals surface area contributed by atoms with Gasteiger partial charge in [-0.05, 0) is 111 Å². The van der Waals surface area contributed by atoms with Crippen LogP contribution in [0.5, 0.6) is 0 Å². The lowest BCUT2D eigenvalue weighted by Gasteiger charge is -2.24. The van der Waals surface area contributed by atoms with Crippen molar-refractivity contribution >= 4 is 54.6 Å². The molecule has 2 amide bonds. The van der Waals surface area contributed by atoms with Gasteiger partial charge in [-0.25, -0.2) is 16.8 Å². The highest BCUT2D eigenvalue weighted by Gasteiger charge is 2.37. The lowest BCUT2D eigenvalue weighted by Crippen LogP contribution is -2.35. The van der Waals surface area contributed by atoms with Gasteiger partial charge >= 0.3 is 0 Å². The SMILES string of the molecule is Cc1ccc(NC(=O)c2cccc(S(=O)(=O)N3c4ccccc4CC3C)c2)cc1NC(=O)c1cccc(S(=O)(=O)N2c3ccccc3CC2C)c1. The average molecular weight is 721 g/mol. The number of aryl methyl sites for hydroxylation is 1. The Hall–Kier alpha value is -5.46. The minimum atomic E-state index is -3.95. The fraction of sp³-hybridized carbons (Fsp3) is 0.179. The molecule has 2 N–H and O–H groups in total. The smallest absolute Gasteiger partial charge is 0.264 e. The quantitative estimate of drug-likeness (QED) is 0.182. The standard InChI is InChI=1S/C39H36N4O6S2/c1-25-18-19-32(40-38(44)30-12-8-14-33(22-30)50(46,47)42-26(2)20-28-10-4-6-16-36(28)42)24-35(25)41-39(45)31-13-9-15-34(23-31)51(48,49)43-27(3)21-29-11-5-7-17-37(29)43/h4-19,22-24,26-27H,20-21H2,1-3H3,(H,40,44)(H,41,45). The van der Waals surface area contributed by atoms with Crippen molar-refractivity contribution in [2.45, 2.75) is 55.5 Å². The van der Waals surface area contributed by atoms with Crippen molar-refractivity contribution in [3.05, 3.63) is 143 Å². The van der Waals surface area contributed by atoms with E-state index in [2.05, 4.69) is 10.6 Å². The molecule has 5 aromatic carbocycles. The summed E-state index contributed by atoms with van der Waals surface area (Å²) in [6.07, 6.45) is 1.19. The number of sulfonamides is 2. The molecule has 260 valence electrons. The zero-order valence-electron chi connectivity index (χ0n) is 28.2. The number of carbonyl (C=O) groups is 2. The van der Waals surface area contributed by atoms with Crippen LogP contribution in [0.4, 0.5) is 22.7 Å². The Labute approximate surface area is 297 Å². The van der Waals surface area contributed by atoms with Crippen LogP contribution in [0.25, 0.3) is 0 Å². The molecule has 7 rings (SSSR count).